The molecule has 2 aromatic heterocycles. The molecule has 0 aliphatic carbocycles. The van der Waals surface area contributed by atoms with Crippen LogP contribution in [0.1, 0.15) is 0 Å². The molecule has 5 aromatic rings. The summed E-state index contributed by atoms with van der Waals surface area (Å²) in [4.78, 5) is 21.6. The number of pyridine rings is 1. The van der Waals surface area contributed by atoms with E-state index < -0.39 is 21.4 Å². The number of nitrogen functional groups attached to an aromatic ring is 1. The number of hydrogen-bond acceptors (Lipinski definition) is 7. The minimum absolute atomic E-state index is 0.0872. The fourth-order valence-electron chi connectivity index (χ4n) is 3.90. The highest BCUT2D eigenvalue weighted by Gasteiger charge is 2.22. The minimum atomic E-state index is -4.06. The van der Waals surface area contributed by atoms with Gasteiger partial charge < -0.3 is 10.5 Å². The molecule has 0 bridgehead atoms. The van der Waals surface area contributed by atoms with Crippen molar-refractivity contribution < 1.29 is 17.5 Å². The average Bonchev–Trinajstić information content (AvgIpc) is 2.88. The Bertz CT molecular complexity index is 1810. The van der Waals surface area contributed by atoms with Crippen LogP contribution in [0.4, 0.5) is 16.0 Å². The number of nitrogens with two attached hydrogens (primary N) is 1. The molecule has 9 nitrogen and oxygen atoms in total. The Balaban J connectivity index is 1.63. The van der Waals surface area contributed by atoms with Gasteiger partial charge in [-0.2, -0.15) is 0 Å². The number of hydrogen-bond donors (Lipinski definition) is 2. The quantitative estimate of drug-likeness (QED) is 0.349. The van der Waals surface area contributed by atoms with E-state index in [9.17, 15) is 17.6 Å². The number of rotatable bonds is 6. The first-order valence-electron chi connectivity index (χ1n) is 11.0. The van der Waals surface area contributed by atoms with Crippen LogP contribution >= 0.6 is 0 Å². The molecule has 0 unspecified atom stereocenters. The second-order valence-corrected chi connectivity index (χ2v) is 9.68. The van der Waals surface area contributed by atoms with Crippen LogP contribution in [0.5, 0.6) is 5.88 Å². The molecule has 2 heterocycles. The van der Waals surface area contributed by atoms with Gasteiger partial charge in [-0.05, 0) is 54.1 Å². The molecule has 0 atom stereocenters. The molecule has 0 saturated carbocycles. The number of methoxy groups -OCH3 is 1. The van der Waals surface area contributed by atoms with Gasteiger partial charge in [0.15, 0.2) is 0 Å². The third kappa shape index (κ3) is 4.59. The Morgan fingerprint density at radius 1 is 0.973 bits per heavy atom. The van der Waals surface area contributed by atoms with Crippen molar-refractivity contribution in [2.75, 3.05) is 17.6 Å². The van der Waals surface area contributed by atoms with Gasteiger partial charge in [0.1, 0.15) is 10.7 Å². The lowest BCUT2D eigenvalue weighted by Crippen LogP contribution is -2.23. The Kier molecular flexibility index (Phi) is 6.06. The lowest BCUT2D eigenvalue weighted by Gasteiger charge is -2.13. The minimum Gasteiger partial charge on any atom is -0.480 e. The van der Waals surface area contributed by atoms with E-state index in [-0.39, 0.29) is 27.8 Å². The first kappa shape index (κ1) is 23.9. The van der Waals surface area contributed by atoms with Crippen LogP contribution in [0.2, 0.25) is 0 Å². The summed E-state index contributed by atoms with van der Waals surface area (Å²) in [7, 11) is -2.73. The van der Waals surface area contributed by atoms with Crippen molar-refractivity contribution in [1.82, 2.24) is 14.5 Å². The van der Waals surface area contributed by atoms with Gasteiger partial charge in [-0.3, -0.25) is 9.52 Å². The van der Waals surface area contributed by atoms with E-state index >= 15 is 0 Å². The number of halogens is 1. The van der Waals surface area contributed by atoms with E-state index in [0.29, 0.717) is 22.3 Å². The number of sulfonamides is 1. The van der Waals surface area contributed by atoms with Crippen LogP contribution in [0.15, 0.2) is 94.7 Å². The number of fused-ring (bicyclic) bond motifs is 1. The Hall–Kier alpha value is -4.77. The summed E-state index contributed by atoms with van der Waals surface area (Å²) >= 11 is 0. The molecule has 0 radical (unpaired) electrons. The molecule has 0 saturated heterocycles. The summed E-state index contributed by atoms with van der Waals surface area (Å²) < 4.78 is 48.9. The molecule has 0 spiro atoms. The standard InChI is InChI=1S/C26H20FN5O4S/c1-36-24-23(37(34,35)31-19-7-3-2-4-8-19)13-17(15-29-24)16-10-11-22-21(12-16)25(33)32(26(28)30-22)20-9-5-6-18(27)14-20/h2-15,31H,1H3,(H2,28,30). The zero-order valence-electron chi connectivity index (χ0n) is 19.4. The Morgan fingerprint density at radius 3 is 2.49 bits per heavy atom. The summed E-state index contributed by atoms with van der Waals surface area (Å²) in [6.45, 7) is 0. The fraction of sp³-hybridized carbons (Fsp3) is 0.0385. The summed E-state index contributed by atoms with van der Waals surface area (Å²) in [5.74, 6) is -0.710. The molecule has 0 fully saturated rings. The van der Waals surface area contributed by atoms with Gasteiger partial charge in [-0.25, -0.2) is 27.3 Å². The van der Waals surface area contributed by atoms with E-state index in [1.807, 2.05) is 0 Å². The van der Waals surface area contributed by atoms with E-state index in [0.717, 1.165) is 4.57 Å². The molecular weight excluding hydrogens is 497 g/mol. The van der Waals surface area contributed by atoms with E-state index in [1.165, 1.54) is 37.6 Å². The summed E-state index contributed by atoms with van der Waals surface area (Å²) in [6, 6.07) is 20.1. The van der Waals surface area contributed by atoms with Gasteiger partial charge in [0.25, 0.3) is 15.6 Å². The zero-order valence-corrected chi connectivity index (χ0v) is 20.2. The number of para-hydroxylation sites is 1. The van der Waals surface area contributed by atoms with Crippen molar-refractivity contribution in [3.63, 3.8) is 0 Å². The second kappa shape index (κ2) is 9.36. The zero-order chi connectivity index (χ0) is 26.2. The molecule has 5 rings (SSSR count). The molecule has 0 aliphatic heterocycles. The second-order valence-electron chi connectivity index (χ2n) is 8.03. The number of nitrogens with zero attached hydrogens (tertiary/aromatic N) is 3. The number of anilines is 2. The van der Waals surface area contributed by atoms with Crippen molar-refractivity contribution >= 4 is 32.6 Å². The number of ether oxygens (including phenoxy) is 1. The highest BCUT2D eigenvalue weighted by molar-refractivity contribution is 7.92. The van der Waals surface area contributed by atoms with Gasteiger partial charge in [-0.15, -0.1) is 0 Å². The monoisotopic (exact) mass is 517 g/mol. The van der Waals surface area contributed by atoms with Crippen LogP contribution in [-0.4, -0.2) is 30.1 Å². The van der Waals surface area contributed by atoms with Crippen molar-refractivity contribution in [2.45, 2.75) is 4.90 Å². The highest BCUT2D eigenvalue weighted by Crippen LogP contribution is 2.30. The number of nitrogens with one attached hydrogen (secondary N) is 1. The maximum absolute atomic E-state index is 13.8. The number of benzene rings is 3. The lowest BCUT2D eigenvalue weighted by molar-refractivity contribution is 0.385. The molecule has 186 valence electrons. The molecule has 37 heavy (non-hydrogen) atoms. The maximum atomic E-state index is 13.8. The fourth-order valence-corrected chi connectivity index (χ4v) is 5.10. The first-order chi connectivity index (χ1) is 17.8. The molecule has 0 aliphatic rings. The lowest BCUT2D eigenvalue weighted by atomic mass is 10.1. The topological polar surface area (TPSA) is 129 Å². The largest absolute Gasteiger partial charge is 0.480 e. The predicted octanol–water partition coefficient (Wildman–Crippen LogP) is 3.98. The van der Waals surface area contributed by atoms with Crippen molar-refractivity contribution in [2.24, 2.45) is 0 Å². The van der Waals surface area contributed by atoms with Crippen LogP contribution in [0.3, 0.4) is 0 Å². The van der Waals surface area contributed by atoms with Gasteiger partial charge >= 0.3 is 0 Å². The van der Waals surface area contributed by atoms with Crippen LogP contribution in [-0.2, 0) is 10.0 Å². The smallest absolute Gasteiger partial charge is 0.267 e. The summed E-state index contributed by atoms with van der Waals surface area (Å²) in [5.41, 5.74) is 7.38. The Morgan fingerprint density at radius 2 is 1.76 bits per heavy atom. The first-order valence-corrected chi connectivity index (χ1v) is 12.5. The maximum Gasteiger partial charge on any atom is 0.267 e. The average molecular weight is 518 g/mol. The SMILES string of the molecule is COc1ncc(-c2ccc3nc(N)n(-c4cccc(F)c4)c(=O)c3c2)cc1S(=O)(=O)Nc1ccccc1. The van der Waals surface area contributed by atoms with Gasteiger partial charge in [0.05, 0.1) is 23.7 Å². The van der Waals surface area contributed by atoms with Crippen molar-refractivity contribution in [3.05, 3.63) is 101 Å². The van der Waals surface area contributed by atoms with E-state index in [4.69, 9.17) is 10.5 Å². The van der Waals surface area contributed by atoms with Gasteiger partial charge in [-0.1, -0.05) is 30.3 Å². The van der Waals surface area contributed by atoms with Crippen LogP contribution in [0, 0.1) is 5.82 Å². The highest BCUT2D eigenvalue weighted by atomic mass is 32.2. The predicted molar refractivity (Wildman–Crippen MR) is 139 cm³/mol. The van der Waals surface area contributed by atoms with Crippen molar-refractivity contribution in [3.8, 4) is 22.7 Å². The molecular formula is C26H20FN5O4S. The van der Waals surface area contributed by atoms with E-state index in [1.54, 1.807) is 54.6 Å². The molecule has 3 N–H and O–H groups in total. The van der Waals surface area contributed by atoms with Gasteiger partial charge in [0, 0.05) is 17.4 Å². The number of aromatic nitrogens is 3. The van der Waals surface area contributed by atoms with Crippen molar-refractivity contribution in [1.29, 1.82) is 0 Å². The molecule has 3 aromatic carbocycles. The third-order valence-electron chi connectivity index (χ3n) is 5.62. The molecule has 11 heteroatoms. The van der Waals surface area contributed by atoms with E-state index in [2.05, 4.69) is 14.7 Å². The third-order valence-corrected chi connectivity index (χ3v) is 7.00. The molecule has 0 amide bonds. The van der Waals surface area contributed by atoms with Gasteiger partial charge in [0.2, 0.25) is 11.8 Å². The van der Waals surface area contributed by atoms with Crippen LogP contribution in [0.25, 0.3) is 27.7 Å². The summed E-state index contributed by atoms with van der Waals surface area (Å²) in [5, 5.41) is 0.207. The van der Waals surface area contributed by atoms with Crippen LogP contribution < -0.4 is 20.8 Å². The Labute approximate surface area is 211 Å². The normalized spacial score (nSPS) is 11.4. The summed E-state index contributed by atoms with van der Waals surface area (Å²) in [6.07, 6.45) is 1.44.